The molecular formula is C35H32F5N3O6S. The van der Waals surface area contributed by atoms with Crippen molar-refractivity contribution < 1.29 is 50.2 Å². The molecule has 1 saturated carbocycles. The van der Waals surface area contributed by atoms with E-state index in [4.69, 9.17) is 0 Å². The van der Waals surface area contributed by atoms with Crippen LogP contribution in [-0.4, -0.2) is 46.3 Å². The summed E-state index contributed by atoms with van der Waals surface area (Å²) in [6, 6.07) is 13.3. The number of aromatic carboxylic acids is 1. The maximum atomic E-state index is 14.9. The van der Waals surface area contributed by atoms with E-state index in [-0.39, 0.29) is 27.6 Å². The van der Waals surface area contributed by atoms with Crippen LogP contribution in [0.1, 0.15) is 72.3 Å². The summed E-state index contributed by atoms with van der Waals surface area (Å²) in [6.07, 6.45) is 3.18. The second kappa shape index (κ2) is 13.8. The van der Waals surface area contributed by atoms with Gasteiger partial charge in [-0.15, -0.1) is 0 Å². The Labute approximate surface area is 284 Å². The molecule has 1 aliphatic carbocycles. The van der Waals surface area contributed by atoms with E-state index in [0.29, 0.717) is 11.5 Å². The van der Waals surface area contributed by atoms with Crippen LogP contribution in [0.4, 0.5) is 27.6 Å². The first-order valence-corrected chi connectivity index (χ1v) is 16.8. The van der Waals surface area contributed by atoms with Gasteiger partial charge in [0.05, 0.1) is 25.3 Å². The number of hydrogen-bond donors (Lipinski definition) is 2. The van der Waals surface area contributed by atoms with Gasteiger partial charge in [0.1, 0.15) is 11.3 Å². The Hall–Kier alpha value is -4.89. The van der Waals surface area contributed by atoms with Crippen LogP contribution >= 0.6 is 0 Å². The van der Waals surface area contributed by atoms with Gasteiger partial charge in [0, 0.05) is 18.0 Å². The summed E-state index contributed by atoms with van der Waals surface area (Å²) >= 11 is 0. The van der Waals surface area contributed by atoms with E-state index in [1.54, 1.807) is 0 Å². The van der Waals surface area contributed by atoms with Crippen LogP contribution in [-0.2, 0) is 33.3 Å². The van der Waals surface area contributed by atoms with E-state index in [2.05, 4.69) is 11.1 Å². The molecule has 9 nitrogen and oxygen atoms in total. The lowest BCUT2D eigenvalue weighted by Gasteiger charge is -2.29. The molecule has 15 heteroatoms. The second-order valence-electron chi connectivity index (χ2n) is 13.0. The van der Waals surface area contributed by atoms with Crippen LogP contribution < -0.4 is 4.90 Å². The molecule has 0 atom stereocenters. The number of sulfonamides is 1. The molecule has 4 aromatic rings. The van der Waals surface area contributed by atoms with Crippen molar-refractivity contribution in [3.63, 3.8) is 0 Å². The molecule has 0 saturated heterocycles. The third-order valence-corrected chi connectivity index (χ3v) is 10.1. The number of carboxylic acids is 1. The minimum atomic E-state index is -5.65. The highest BCUT2D eigenvalue weighted by Crippen LogP contribution is 2.42. The zero-order valence-corrected chi connectivity index (χ0v) is 27.9. The van der Waals surface area contributed by atoms with Gasteiger partial charge in [-0.1, -0.05) is 45.0 Å². The second-order valence-corrected chi connectivity index (χ2v) is 14.8. The molecule has 1 fully saturated rings. The molecule has 0 radical (unpaired) electrons. The zero-order valence-electron chi connectivity index (χ0n) is 27.1. The first kappa shape index (κ1) is 36.4. The number of pyridine rings is 1. The van der Waals surface area contributed by atoms with Gasteiger partial charge >= 0.3 is 5.97 Å². The molecule has 0 unspecified atom stereocenters. The lowest BCUT2D eigenvalue weighted by molar-refractivity contribution is -0.119. The summed E-state index contributed by atoms with van der Waals surface area (Å²) in [5.74, 6) is -15.7. The number of halogens is 5. The Morgan fingerprint density at radius 2 is 1.52 bits per heavy atom. The van der Waals surface area contributed by atoms with Gasteiger partial charge in [-0.05, 0) is 65.1 Å². The van der Waals surface area contributed by atoms with E-state index < -0.39 is 80.3 Å². The fourth-order valence-electron chi connectivity index (χ4n) is 5.34. The molecule has 1 heterocycles. The van der Waals surface area contributed by atoms with Crippen molar-refractivity contribution >= 4 is 27.6 Å². The number of nitrogens with zero attached hydrogens (tertiary/aromatic N) is 3. The summed E-state index contributed by atoms with van der Waals surface area (Å²) < 4.78 is 100.0. The fraction of sp³-hybridized carbons (Fsp3) is 0.286. The SMILES string of the molecule is CC(C)(C)c1cc(CN(C(=O)CN(Cc2ccccn2)S(=O)(=O)c2c(F)c(F)c(F)c(F)c2F)c2ccc(C(=O)O)c(O)c2)cc(C2CC2)c1. The fourth-order valence-corrected chi connectivity index (χ4v) is 6.82. The summed E-state index contributed by atoms with van der Waals surface area (Å²) in [5, 5.41) is 19.9. The monoisotopic (exact) mass is 717 g/mol. The highest BCUT2D eigenvalue weighted by Gasteiger charge is 2.39. The Balaban J connectivity index is 1.63. The lowest BCUT2D eigenvalue weighted by atomic mass is 9.84. The highest BCUT2D eigenvalue weighted by molar-refractivity contribution is 7.89. The van der Waals surface area contributed by atoms with Crippen molar-refractivity contribution in [1.29, 1.82) is 0 Å². The number of rotatable bonds is 11. The number of carbonyl (C=O) groups is 2. The van der Waals surface area contributed by atoms with Crippen molar-refractivity contribution in [3.8, 4) is 5.75 Å². The largest absolute Gasteiger partial charge is 0.507 e. The summed E-state index contributed by atoms with van der Waals surface area (Å²) in [6.45, 7) is 3.72. The molecule has 2 N–H and O–H groups in total. The Morgan fingerprint density at radius 3 is 2.06 bits per heavy atom. The third-order valence-electron chi connectivity index (χ3n) is 8.24. The number of aromatic nitrogens is 1. The van der Waals surface area contributed by atoms with Crippen molar-refractivity contribution in [2.45, 2.75) is 62.9 Å². The quantitative estimate of drug-likeness (QED) is 0.0995. The van der Waals surface area contributed by atoms with E-state index in [1.807, 2.05) is 32.9 Å². The lowest BCUT2D eigenvalue weighted by Crippen LogP contribution is -2.43. The number of anilines is 1. The van der Waals surface area contributed by atoms with Crippen molar-refractivity contribution in [2.24, 2.45) is 0 Å². The van der Waals surface area contributed by atoms with Gasteiger partial charge in [-0.25, -0.2) is 35.2 Å². The van der Waals surface area contributed by atoms with E-state index in [0.717, 1.165) is 41.0 Å². The zero-order chi connectivity index (χ0) is 36.7. The molecule has 0 spiro atoms. The number of aromatic hydroxyl groups is 1. The summed E-state index contributed by atoms with van der Waals surface area (Å²) in [7, 11) is -5.65. The van der Waals surface area contributed by atoms with Gasteiger partial charge in [0.2, 0.25) is 21.7 Å². The molecule has 5 rings (SSSR count). The number of amides is 1. The van der Waals surface area contributed by atoms with Gasteiger partial charge in [-0.2, -0.15) is 4.31 Å². The molecule has 264 valence electrons. The first-order chi connectivity index (χ1) is 23.4. The molecule has 3 aromatic carbocycles. The van der Waals surface area contributed by atoms with Crippen molar-refractivity contribution in [3.05, 3.63) is 118 Å². The van der Waals surface area contributed by atoms with E-state index >= 15 is 0 Å². The number of carbonyl (C=O) groups excluding carboxylic acids is 1. The minimum Gasteiger partial charge on any atom is -0.507 e. The van der Waals surface area contributed by atoms with Crippen molar-refractivity contribution in [2.75, 3.05) is 11.4 Å². The smallest absolute Gasteiger partial charge is 0.339 e. The average molecular weight is 718 g/mol. The van der Waals surface area contributed by atoms with Crippen LogP contribution in [0.15, 0.2) is 65.7 Å². The van der Waals surface area contributed by atoms with Crippen molar-refractivity contribution in [1.82, 2.24) is 9.29 Å². The van der Waals surface area contributed by atoms with Crippen LogP contribution in [0.2, 0.25) is 0 Å². The Morgan fingerprint density at radius 1 is 0.880 bits per heavy atom. The van der Waals surface area contributed by atoms with Gasteiger partial charge < -0.3 is 15.1 Å². The Bertz CT molecular complexity index is 2060. The number of carboxylic acid groups (broad SMARTS) is 1. The highest BCUT2D eigenvalue weighted by atomic mass is 32.2. The van der Waals surface area contributed by atoms with Crippen LogP contribution in [0.25, 0.3) is 0 Å². The van der Waals surface area contributed by atoms with Crippen LogP contribution in [0.3, 0.4) is 0 Å². The summed E-state index contributed by atoms with van der Waals surface area (Å²) in [4.78, 5) is 28.7. The van der Waals surface area contributed by atoms with Gasteiger partial charge in [-0.3, -0.25) is 9.78 Å². The maximum absolute atomic E-state index is 14.9. The van der Waals surface area contributed by atoms with Gasteiger partial charge in [0.25, 0.3) is 0 Å². The van der Waals surface area contributed by atoms with Crippen LogP contribution in [0.5, 0.6) is 5.75 Å². The molecule has 1 amide bonds. The number of benzene rings is 3. The molecule has 50 heavy (non-hydrogen) atoms. The molecular weight excluding hydrogens is 685 g/mol. The number of hydrogen-bond acceptors (Lipinski definition) is 6. The Kier molecular flexibility index (Phi) is 10.0. The summed E-state index contributed by atoms with van der Waals surface area (Å²) in [5.41, 5.74) is 1.62. The predicted octanol–water partition coefficient (Wildman–Crippen LogP) is 6.78. The molecule has 0 bridgehead atoms. The topological polar surface area (TPSA) is 128 Å². The van der Waals surface area contributed by atoms with Gasteiger partial charge in [0.15, 0.2) is 28.2 Å². The van der Waals surface area contributed by atoms with Crippen LogP contribution in [0, 0.1) is 29.1 Å². The molecule has 1 aromatic heterocycles. The third kappa shape index (κ3) is 7.48. The number of phenols is 1. The van der Waals surface area contributed by atoms with E-state index in [9.17, 15) is 50.2 Å². The average Bonchev–Trinajstić information content (AvgIpc) is 3.91. The normalized spacial score (nSPS) is 13.5. The standard InChI is InChI=1S/C35H32F5N3O6S/c1-35(2,3)22-13-19(12-21(14-22)20-7-8-20)16-43(24-9-10-25(34(46)47)26(44)15-24)27(45)18-42(17-23-6-4-5-11-41-23)50(48,49)33-31(39)29(37)28(36)30(38)32(33)40/h4-6,9-15,20,44H,7-8,16-18H2,1-3H3,(H,46,47). The predicted molar refractivity (Wildman–Crippen MR) is 171 cm³/mol. The minimum absolute atomic E-state index is 0.0327. The maximum Gasteiger partial charge on any atom is 0.339 e. The first-order valence-electron chi connectivity index (χ1n) is 15.3. The van der Waals surface area contributed by atoms with E-state index in [1.165, 1.54) is 30.5 Å². The molecule has 0 aliphatic heterocycles. The molecule has 1 aliphatic rings.